The topological polar surface area (TPSA) is 88.6 Å². The smallest absolute Gasteiger partial charge is 0.312 e. The lowest BCUT2D eigenvalue weighted by molar-refractivity contribution is -0.157. The van der Waals surface area contributed by atoms with E-state index in [-0.39, 0.29) is 11.6 Å². The number of amides is 2. The molecule has 0 radical (unpaired) electrons. The molecule has 1 aromatic heterocycles. The highest BCUT2D eigenvalue weighted by Crippen LogP contribution is 2.09. The lowest BCUT2D eigenvalue weighted by atomic mass is 10.2. The molecule has 0 aliphatic carbocycles. The van der Waals surface area contributed by atoms with Gasteiger partial charge in [-0.1, -0.05) is 0 Å². The number of pyridine rings is 1. The maximum absolute atomic E-state index is 12.0. The minimum Gasteiger partial charge on any atom is -0.398 e. The Bertz CT molecular complexity index is 608. The summed E-state index contributed by atoms with van der Waals surface area (Å²) in [6.07, 6.45) is 1.54. The van der Waals surface area contributed by atoms with Crippen molar-refractivity contribution in [2.24, 2.45) is 0 Å². The van der Waals surface area contributed by atoms with Crippen LogP contribution in [0.2, 0.25) is 0 Å². The predicted octanol–water partition coefficient (Wildman–Crippen LogP) is -0.490. The monoisotopic (exact) mass is 292 g/mol. The van der Waals surface area contributed by atoms with Crippen LogP contribution in [0, 0.1) is 0 Å². The van der Waals surface area contributed by atoms with E-state index in [2.05, 4.69) is 0 Å². The molecule has 7 nitrogen and oxygen atoms in total. The van der Waals surface area contributed by atoms with Crippen molar-refractivity contribution in [2.45, 2.75) is 26.4 Å². The number of piperazine rings is 1. The van der Waals surface area contributed by atoms with E-state index in [4.69, 9.17) is 5.73 Å². The minimum absolute atomic E-state index is 0.0140. The minimum atomic E-state index is -0.507. The van der Waals surface area contributed by atoms with Crippen molar-refractivity contribution in [2.75, 3.05) is 25.4 Å². The second kappa shape index (κ2) is 5.99. The van der Waals surface area contributed by atoms with E-state index < -0.39 is 11.8 Å². The summed E-state index contributed by atoms with van der Waals surface area (Å²) in [5.41, 5.74) is 5.95. The van der Waals surface area contributed by atoms with Crippen LogP contribution < -0.4 is 11.3 Å². The highest BCUT2D eigenvalue weighted by Gasteiger charge is 2.33. The van der Waals surface area contributed by atoms with Crippen LogP contribution in [-0.4, -0.2) is 51.9 Å². The summed E-state index contributed by atoms with van der Waals surface area (Å²) >= 11 is 0. The van der Waals surface area contributed by atoms with Gasteiger partial charge in [-0.25, -0.2) is 0 Å². The molecule has 1 aliphatic heterocycles. The third kappa shape index (κ3) is 3.24. The molecular formula is C14H20N4O3. The Morgan fingerprint density at radius 3 is 2.48 bits per heavy atom. The van der Waals surface area contributed by atoms with Crippen molar-refractivity contribution >= 4 is 17.5 Å². The van der Waals surface area contributed by atoms with Gasteiger partial charge in [0, 0.05) is 50.2 Å². The Labute approximate surface area is 122 Å². The fraction of sp³-hybridized carbons (Fsp3) is 0.500. The first-order valence-corrected chi connectivity index (χ1v) is 6.96. The maximum atomic E-state index is 12.0. The van der Waals surface area contributed by atoms with E-state index >= 15 is 0 Å². The lowest BCUT2D eigenvalue weighted by Gasteiger charge is -2.36. The zero-order chi connectivity index (χ0) is 15.6. The standard InChI is InChI=1S/C14H20N4O3/c1-10(2)18-8-7-16(13(20)14(18)21)5-6-17-9-11(15)3-4-12(17)19/h3-4,9-10H,5-8,15H2,1-2H3. The first kappa shape index (κ1) is 15.1. The van der Waals surface area contributed by atoms with Crippen LogP contribution in [-0.2, 0) is 16.1 Å². The van der Waals surface area contributed by atoms with Crippen LogP contribution in [0.4, 0.5) is 5.69 Å². The predicted molar refractivity (Wildman–Crippen MR) is 78.5 cm³/mol. The van der Waals surface area contributed by atoms with E-state index in [1.54, 1.807) is 11.1 Å². The molecule has 7 heteroatoms. The molecule has 0 unspecified atom stereocenters. The van der Waals surface area contributed by atoms with Crippen molar-refractivity contribution in [3.8, 4) is 0 Å². The van der Waals surface area contributed by atoms with E-state index in [1.165, 1.54) is 21.6 Å². The fourth-order valence-corrected chi connectivity index (χ4v) is 2.35. The van der Waals surface area contributed by atoms with Crippen LogP contribution in [0.1, 0.15) is 13.8 Å². The number of hydrogen-bond acceptors (Lipinski definition) is 4. The molecule has 2 N–H and O–H groups in total. The van der Waals surface area contributed by atoms with E-state index in [0.29, 0.717) is 31.9 Å². The van der Waals surface area contributed by atoms with Gasteiger partial charge in [-0.15, -0.1) is 0 Å². The third-order valence-corrected chi connectivity index (χ3v) is 3.58. The van der Waals surface area contributed by atoms with Gasteiger partial charge in [0.05, 0.1) is 0 Å². The third-order valence-electron chi connectivity index (χ3n) is 3.58. The Hall–Kier alpha value is -2.31. The van der Waals surface area contributed by atoms with Crippen LogP contribution in [0.15, 0.2) is 23.1 Å². The van der Waals surface area contributed by atoms with E-state index in [0.717, 1.165) is 0 Å². The summed E-state index contributed by atoms with van der Waals surface area (Å²) in [4.78, 5) is 38.7. The Morgan fingerprint density at radius 2 is 1.81 bits per heavy atom. The first-order valence-electron chi connectivity index (χ1n) is 6.96. The zero-order valence-electron chi connectivity index (χ0n) is 12.3. The van der Waals surface area contributed by atoms with E-state index in [1.807, 2.05) is 13.8 Å². The van der Waals surface area contributed by atoms with Crippen LogP contribution in [0.5, 0.6) is 0 Å². The van der Waals surface area contributed by atoms with Gasteiger partial charge in [-0.2, -0.15) is 0 Å². The summed E-state index contributed by atoms with van der Waals surface area (Å²) in [6, 6.07) is 2.94. The number of nitrogen functional groups attached to an aromatic ring is 1. The number of aromatic nitrogens is 1. The van der Waals surface area contributed by atoms with Crippen molar-refractivity contribution in [3.63, 3.8) is 0 Å². The molecule has 1 aromatic rings. The average molecular weight is 292 g/mol. The van der Waals surface area contributed by atoms with Gasteiger partial charge in [0.1, 0.15) is 0 Å². The normalized spacial score (nSPS) is 16.0. The molecule has 2 amide bonds. The quantitative estimate of drug-likeness (QED) is 0.758. The summed E-state index contributed by atoms with van der Waals surface area (Å²) in [5, 5.41) is 0. The molecular weight excluding hydrogens is 272 g/mol. The van der Waals surface area contributed by atoms with Crippen LogP contribution in [0.25, 0.3) is 0 Å². The number of hydrogen-bond donors (Lipinski definition) is 1. The van der Waals surface area contributed by atoms with Gasteiger partial charge in [-0.05, 0) is 19.9 Å². The second-order valence-corrected chi connectivity index (χ2v) is 5.38. The highest BCUT2D eigenvalue weighted by atomic mass is 16.2. The number of carbonyl (C=O) groups excluding carboxylic acids is 2. The molecule has 2 rings (SSSR count). The molecule has 0 atom stereocenters. The molecule has 2 heterocycles. The zero-order valence-corrected chi connectivity index (χ0v) is 12.3. The van der Waals surface area contributed by atoms with Crippen molar-refractivity contribution in [1.29, 1.82) is 0 Å². The molecule has 0 bridgehead atoms. The summed E-state index contributed by atoms with van der Waals surface area (Å²) in [7, 11) is 0. The molecule has 1 saturated heterocycles. The van der Waals surface area contributed by atoms with Gasteiger partial charge < -0.3 is 20.1 Å². The Morgan fingerprint density at radius 1 is 1.10 bits per heavy atom. The maximum Gasteiger partial charge on any atom is 0.312 e. The fourth-order valence-electron chi connectivity index (χ4n) is 2.35. The summed E-state index contributed by atoms with van der Waals surface area (Å²) < 4.78 is 1.45. The molecule has 1 fully saturated rings. The number of nitrogens with two attached hydrogens (primary N) is 1. The molecule has 0 spiro atoms. The van der Waals surface area contributed by atoms with Crippen LogP contribution >= 0.6 is 0 Å². The molecule has 114 valence electrons. The van der Waals surface area contributed by atoms with E-state index in [9.17, 15) is 14.4 Å². The molecule has 0 aromatic carbocycles. The number of nitrogens with zero attached hydrogens (tertiary/aromatic N) is 3. The Balaban J connectivity index is 2.02. The molecule has 1 aliphatic rings. The van der Waals surface area contributed by atoms with Crippen molar-refractivity contribution in [3.05, 3.63) is 28.7 Å². The summed E-state index contributed by atoms with van der Waals surface area (Å²) in [6.45, 7) is 5.42. The molecule has 21 heavy (non-hydrogen) atoms. The Kier molecular flexibility index (Phi) is 4.30. The SMILES string of the molecule is CC(C)N1CCN(CCn2cc(N)ccc2=O)C(=O)C1=O. The van der Waals surface area contributed by atoms with Gasteiger partial charge >= 0.3 is 11.8 Å². The van der Waals surface area contributed by atoms with Crippen molar-refractivity contribution in [1.82, 2.24) is 14.4 Å². The number of anilines is 1. The average Bonchev–Trinajstić information content (AvgIpc) is 2.43. The second-order valence-electron chi connectivity index (χ2n) is 5.38. The van der Waals surface area contributed by atoms with Crippen LogP contribution in [0.3, 0.4) is 0 Å². The lowest BCUT2D eigenvalue weighted by Crippen LogP contribution is -2.56. The van der Waals surface area contributed by atoms with Gasteiger partial charge in [-0.3, -0.25) is 14.4 Å². The van der Waals surface area contributed by atoms with Gasteiger partial charge in [0.25, 0.3) is 5.56 Å². The highest BCUT2D eigenvalue weighted by molar-refractivity contribution is 6.35. The van der Waals surface area contributed by atoms with Gasteiger partial charge in [0.2, 0.25) is 0 Å². The summed E-state index contributed by atoms with van der Waals surface area (Å²) in [5.74, 6) is -0.983. The molecule has 0 saturated carbocycles. The number of rotatable bonds is 4. The largest absolute Gasteiger partial charge is 0.398 e. The first-order chi connectivity index (χ1) is 9.90. The number of carbonyl (C=O) groups is 2. The van der Waals surface area contributed by atoms with Gasteiger partial charge in [0.15, 0.2) is 0 Å². The van der Waals surface area contributed by atoms with Crippen molar-refractivity contribution < 1.29 is 9.59 Å².